The molecule has 0 spiro atoms. The van der Waals surface area contributed by atoms with Crippen LogP contribution in [0.2, 0.25) is 0 Å². The van der Waals surface area contributed by atoms with Gasteiger partial charge >= 0.3 is 0 Å². The minimum Gasteiger partial charge on any atom is -0.497 e. The fraction of sp³-hybridized carbons (Fsp3) is 0.385. The smallest absolute Gasteiger partial charge is 0.254 e. The molecule has 35 heavy (non-hydrogen) atoms. The van der Waals surface area contributed by atoms with Crippen molar-refractivity contribution in [3.05, 3.63) is 54.1 Å². The van der Waals surface area contributed by atoms with Crippen LogP contribution in [0.5, 0.6) is 11.5 Å². The molecule has 0 radical (unpaired) electrons. The third-order valence-corrected chi connectivity index (χ3v) is 7.09. The van der Waals surface area contributed by atoms with Gasteiger partial charge in [-0.2, -0.15) is 0 Å². The average molecular weight is 495 g/mol. The van der Waals surface area contributed by atoms with Crippen LogP contribution in [0.4, 0.5) is 5.13 Å². The third-order valence-electron chi connectivity index (χ3n) is 6.20. The molecule has 2 amide bonds. The number of nitrogens with one attached hydrogen (secondary N) is 1. The van der Waals surface area contributed by atoms with Crippen LogP contribution in [0.25, 0.3) is 10.6 Å². The summed E-state index contributed by atoms with van der Waals surface area (Å²) in [5.74, 6) is 1.23. The number of methoxy groups -OCH3 is 2. The molecule has 1 fully saturated rings. The number of hydrogen-bond acceptors (Lipinski definition) is 7. The van der Waals surface area contributed by atoms with Gasteiger partial charge in [0.25, 0.3) is 5.91 Å². The fourth-order valence-electron chi connectivity index (χ4n) is 4.27. The van der Waals surface area contributed by atoms with Crippen LogP contribution in [0.3, 0.4) is 0 Å². The Hall–Kier alpha value is -3.46. The topological polar surface area (TPSA) is 93.7 Å². The number of ether oxygens (including phenoxy) is 2. The molecular formula is C26H30N4O4S. The minimum absolute atomic E-state index is 0.0509. The molecule has 1 aliphatic carbocycles. The number of aromatic nitrogens is 2. The molecule has 0 bridgehead atoms. The van der Waals surface area contributed by atoms with Crippen LogP contribution in [-0.4, -0.2) is 53.7 Å². The molecule has 4 rings (SSSR count). The maximum atomic E-state index is 13.3. The highest BCUT2D eigenvalue weighted by Gasteiger charge is 2.27. The zero-order valence-corrected chi connectivity index (χ0v) is 20.8. The predicted octanol–water partition coefficient (Wildman–Crippen LogP) is 5.03. The Morgan fingerprint density at radius 1 is 0.943 bits per heavy atom. The lowest BCUT2D eigenvalue weighted by atomic mass is 9.93. The maximum Gasteiger partial charge on any atom is 0.254 e. The first-order valence-electron chi connectivity index (χ1n) is 11.8. The van der Waals surface area contributed by atoms with Gasteiger partial charge in [0.2, 0.25) is 11.0 Å². The van der Waals surface area contributed by atoms with E-state index in [1.807, 2.05) is 29.2 Å². The zero-order chi connectivity index (χ0) is 24.6. The van der Waals surface area contributed by atoms with Gasteiger partial charge in [-0.3, -0.25) is 9.59 Å². The van der Waals surface area contributed by atoms with Crippen molar-refractivity contribution in [3.8, 4) is 22.1 Å². The lowest BCUT2D eigenvalue weighted by molar-refractivity contribution is -0.116. The zero-order valence-electron chi connectivity index (χ0n) is 20.0. The van der Waals surface area contributed by atoms with Gasteiger partial charge in [-0.05, 0) is 61.4 Å². The molecule has 3 aromatic rings. The SMILES string of the molecule is COc1ccc(C(=O)N(CCC(=O)Nc2nnc(-c3ccc(OC)cc3)s2)C2CCCCC2)cc1. The van der Waals surface area contributed by atoms with Crippen molar-refractivity contribution in [2.24, 2.45) is 0 Å². The first-order chi connectivity index (χ1) is 17.1. The predicted molar refractivity (Wildman–Crippen MR) is 136 cm³/mol. The van der Waals surface area contributed by atoms with Crippen molar-refractivity contribution >= 4 is 28.3 Å². The number of amides is 2. The molecule has 0 aliphatic heterocycles. The van der Waals surface area contributed by atoms with E-state index in [0.29, 0.717) is 28.0 Å². The van der Waals surface area contributed by atoms with Gasteiger partial charge < -0.3 is 19.7 Å². The van der Waals surface area contributed by atoms with Crippen molar-refractivity contribution < 1.29 is 19.1 Å². The van der Waals surface area contributed by atoms with E-state index in [2.05, 4.69) is 15.5 Å². The summed E-state index contributed by atoms with van der Waals surface area (Å²) in [7, 11) is 3.22. The fourth-order valence-corrected chi connectivity index (χ4v) is 5.04. The van der Waals surface area contributed by atoms with E-state index in [9.17, 15) is 9.59 Å². The van der Waals surface area contributed by atoms with Gasteiger partial charge in [0.1, 0.15) is 16.5 Å². The Morgan fingerprint density at radius 3 is 2.20 bits per heavy atom. The molecule has 1 aromatic heterocycles. The third kappa shape index (κ3) is 6.36. The summed E-state index contributed by atoms with van der Waals surface area (Å²) in [4.78, 5) is 27.9. The van der Waals surface area contributed by atoms with E-state index in [0.717, 1.165) is 37.0 Å². The molecule has 2 aromatic carbocycles. The summed E-state index contributed by atoms with van der Waals surface area (Å²) in [6, 6.07) is 14.8. The number of hydrogen-bond donors (Lipinski definition) is 1. The summed E-state index contributed by atoms with van der Waals surface area (Å²) in [5.41, 5.74) is 1.50. The average Bonchev–Trinajstić information content (AvgIpc) is 3.37. The molecular weight excluding hydrogens is 464 g/mol. The highest BCUT2D eigenvalue weighted by molar-refractivity contribution is 7.18. The van der Waals surface area contributed by atoms with Crippen LogP contribution in [0, 0.1) is 0 Å². The number of carbonyl (C=O) groups is 2. The van der Waals surface area contributed by atoms with Crippen molar-refractivity contribution in [2.45, 2.75) is 44.6 Å². The Labute approximate surface area is 209 Å². The summed E-state index contributed by atoms with van der Waals surface area (Å²) in [6.07, 6.45) is 5.51. The molecule has 184 valence electrons. The van der Waals surface area contributed by atoms with Gasteiger partial charge in [0.15, 0.2) is 0 Å². The normalized spacial score (nSPS) is 13.8. The van der Waals surface area contributed by atoms with E-state index in [4.69, 9.17) is 9.47 Å². The van der Waals surface area contributed by atoms with Gasteiger partial charge in [0, 0.05) is 30.1 Å². The van der Waals surface area contributed by atoms with Crippen LogP contribution in [0.1, 0.15) is 48.9 Å². The molecule has 0 saturated heterocycles. The van der Waals surface area contributed by atoms with Gasteiger partial charge in [-0.1, -0.05) is 30.6 Å². The summed E-state index contributed by atoms with van der Waals surface area (Å²) in [6.45, 7) is 0.353. The van der Waals surface area contributed by atoms with Crippen molar-refractivity contribution in [1.82, 2.24) is 15.1 Å². The van der Waals surface area contributed by atoms with Crippen molar-refractivity contribution in [1.29, 1.82) is 0 Å². The molecule has 9 heteroatoms. The number of anilines is 1. The molecule has 0 atom stereocenters. The second-order valence-electron chi connectivity index (χ2n) is 8.46. The molecule has 0 unspecified atom stereocenters. The quantitative estimate of drug-likeness (QED) is 0.449. The molecule has 1 saturated carbocycles. The van der Waals surface area contributed by atoms with Crippen molar-refractivity contribution in [3.63, 3.8) is 0 Å². The Balaban J connectivity index is 1.39. The first-order valence-corrected chi connectivity index (χ1v) is 12.6. The lowest BCUT2D eigenvalue weighted by Gasteiger charge is -2.34. The van der Waals surface area contributed by atoms with E-state index >= 15 is 0 Å². The summed E-state index contributed by atoms with van der Waals surface area (Å²) in [5, 5.41) is 12.3. The Morgan fingerprint density at radius 2 is 1.57 bits per heavy atom. The second kappa shape index (κ2) is 11.8. The standard InChI is InChI=1S/C26H30N4O4S/c1-33-21-12-8-18(9-13-21)24-28-29-26(35-24)27-23(31)16-17-30(20-6-4-3-5-7-20)25(32)19-10-14-22(34-2)15-11-19/h8-15,20H,3-7,16-17H2,1-2H3,(H,27,29,31). The first kappa shape index (κ1) is 24.7. The van der Waals surface area contributed by atoms with Crippen LogP contribution >= 0.6 is 11.3 Å². The maximum absolute atomic E-state index is 13.3. The number of carbonyl (C=O) groups excluding carboxylic acids is 2. The van der Waals surface area contributed by atoms with Crippen LogP contribution < -0.4 is 14.8 Å². The number of benzene rings is 2. The van der Waals surface area contributed by atoms with E-state index < -0.39 is 0 Å². The van der Waals surface area contributed by atoms with Gasteiger partial charge in [-0.15, -0.1) is 10.2 Å². The second-order valence-corrected chi connectivity index (χ2v) is 9.44. The Kier molecular flexibility index (Phi) is 8.31. The van der Waals surface area contributed by atoms with Crippen LogP contribution in [-0.2, 0) is 4.79 Å². The van der Waals surface area contributed by atoms with Crippen LogP contribution in [0.15, 0.2) is 48.5 Å². The summed E-state index contributed by atoms with van der Waals surface area (Å²) >= 11 is 1.31. The van der Waals surface area contributed by atoms with E-state index in [1.165, 1.54) is 17.8 Å². The molecule has 1 heterocycles. The van der Waals surface area contributed by atoms with Gasteiger partial charge in [0.05, 0.1) is 14.2 Å². The Bertz CT molecular complexity index is 1130. The molecule has 8 nitrogen and oxygen atoms in total. The minimum atomic E-state index is -0.189. The number of nitrogens with zero attached hydrogens (tertiary/aromatic N) is 3. The van der Waals surface area contributed by atoms with Crippen molar-refractivity contribution in [2.75, 3.05) is 26.1 Å². The monoisotopic (exact) mass is 494 g/mol. The summed E-state index contributed by atoms with van der Waals surface area (Å²) < 4.78 is 10.4. The largest absolute Gasteiger partial charge is 0.497 e. The molecule has 1 N–H and O–H groups in total. The van der Waals surface area contributed by atoms with E-state index in [-0.39, 0.29) is 24.3 Å². The number of rotatable bonds is 9. The lowest BCUT2D eigenvalue weighted by Crippen LogP contribution is -2.43. The van der Waals surface area contributed by atoms with Gasteiger partial charge in [-0.25, -0.2) is 0 Å². The van der Waals surface area contributed by atoms with E-state index in [1.54, 1.807) is 38.5 Å². The highest BCUT2D eigenvalue weighted by atomic mass is 32.1. The highest BCUT2D eigenvalue weighted by Crippen LogP contribution is 2.28. The molecule has 1 aliphatic rings.